The normalized spacial score (nSPS) is 11.0. The molecule has 0 spiro atoms. The van der Waals surface area contributed by atoms with E-state index in [1.165, 1.54) is 0 Å². The zero-order valence-electron chi connectivity index (χ0n) is 12.2. The number of carboxylic acid groups (broad SMARTS) is 1. The Balaban J connectivity index is 1.77. The first-order chi connectivity index (χ1) is 10.1. The second-order valence-electron chi connectivity index (χ2n) is 5.10. The summed E-state index contributed by atoms with van der Waals surface area (Å²) in [7, 11) is 1.93. The summed E-state index contributed by atoms with van der Waals surface area (Å²) in [6, 6.07) is 11.9. The van der Waals surface area contributed by atoms with Crippen LogP contribution in [-0.2, 0) is 11.2 Å². The lowest BCUT2D eigenvalue weighted by Gasteiger charge is -2.14. The quantitative estimate of drug-likeness (QED) is 0.809. The molecule has 1 aromatic carbocycles. The number of rotatable bonds is 8. The van der Waals surface area contributed by atoms with Crippen molar-refractivity contribution in [2.45, 2.75) is 19.3 Å². The molecule has 1 aromatic heterocycles. The Morgan fingerprint density at radius 1 is 1.29 bits per heavy atom. The molecule has 2 rings (SSSR count). The number of hydrogen-bond acceptors (Lipinski definition) is 4. The highest BCUT2D eigenvalue weighted by molar-refractivity contribution is 5.66. The topological polar surface area (TPSA) is 66.6 Å². The summed E-state index contributed by atoms with van der Waals surface area (Å²) in [6.45, 7) is 1.41. The lowest BCUT2D eigenvalue weighted by Crippen LogP contribution is -2.23. The first-order valence-corrected chi connectivity index (χ1v) is 7.06. The van der Waals surface area contributed by atoms with E-state index < -0.39 is 5.97 Å². The predicted molar refractivity (Wildman–Crippen MR) is 80.0 cm³/mol. The van der Waals surface area contributed by atoms with Crippen LogP contribution in [0.2, 0.25) is 0 Å². The second kappa shape index (κ2) is 7.59. The van der Waals surface area contributed by atoms with E-state index in [0.717, 1.165) is 36.4 Å². The summed E-state index contributed by atoms with van der Waals surface area (Å²) in [5.74, 6) is 0.102. The van der Waals surface area contributed by atoms with Gasteiger partial charge in [-0.2, -0.15) is 0 Å². The molecule has 1 heterocycles. The molecule has 0 aliphatic carbocycles. The number of hydrogen-bond donors (Lipinski definition) is 1. The average Bonchev–Trinajstić information content (AvgIpc) is 2.95. The Morgan fingerprint density at radius 3 is 2.76 bits per heavy atom. The molecule has 0 saturated carbocycles. The molecule has 0 bridgehead atoms. The minimum atomic E-state index is -0.760. The molecule has 1 N–H and O–H groups in total. The van der Waals surface area contributed by atoms with Gasteiger partial charge in [0.15, 0.2) is 0 Å². The summed E-state index contributed by atoms with van der Waals surface area (Å²) in [5.41, 5.74) is 1.90. The maximum atomic E-state index is 10.5. The van der Waals surface area contributed by atoms with Crippen LogP contribution < -0.4 is 0 Å². The summed E-state index contributed by atoms with van der Waals surface area (Å²) in [4.78, 5) is 12.5. The van der Waals surface area contributed by atoms with Gasteiger partial charge in [0.1, 0.15) is 11.5 Å². The molecule has 0 atom stereocenters. The van der Waals surface area contributed by atoms with Gasteiger partial charge >= 0.3 is 5.97 Å². The standard InChI is InChI=1S/C16H20N2O3/c1-18(11-9-16(19)20)10-5-8-14-12-15(17-21-14)13-6-3-2-4-7-13/h2-4,6-7,12H,5,8-11H2,1H3,(H,19,20). The lowest BCUT2D eigenvalue weighted by molar-refractivity contribution is -0.137. The van der Waals surface area contributed by atoms with Gasteiger partial charge in [-0.25, -0.2) is 0 Å². The van der Waals surface area contributed by atoms with Crippen LogP contribution in [0.3, 0.4) is 0 Å². The molecule has 0 aliphatic heterocycles. The number of aromatic nitrogens is 1. The smallest absolute Gasteiger partial charge is 0.304 e. The number of nitrogens with zero attached hydrogens (tertiary/aromatic N) is 2. The molecule has 0 saturated heterocycles. The van der Waals surface area contributed by atoms with E-state index in [2.05, 4.69) is 5.16 Å². The number of aryl methyl sites for hydroxylation is 1. The van der Waals surface area contributed by atoms with E-state index in [1.807, 2.05) is 48.3 Å². The summed E-state index contributed by atoms with van der Waals surface area (Å²) < 4.78 is 5.34. The van der Waals surface area contributed by atoms with Crippen molar-refractivity contribution in [1.82, 2.24) is 10.1 Å². The molecule has 0 radical (unpaired) electrons. The molecular formula is C16H20N2O3. The third-order valence-electron chi connectivity index (χ3n) is 3.30. The van der Waals surface area contributed by atoms with Crippen LogP contribution >= 0.6 is 0 Å². The summed E-state index contributed by atoms with van der Waals surface area (Å²) >= 11 is 0. The highest BCUT2D eigenvalue weighted by Crippen LogP contribution is 2.19. The first-order valence-electron chi connectivity index (χ1n) is 7.06. The second-order valence-corrected chi connectivity index (χ2v) is 5.10. The summed E-state index contributed by atoms with van der Waals surface area (Å²) in [6.07, 6.45) is 1.90. The number of benzene rings is 1. The number of aliphatic carboxylic acids is 1. The molecular weight excluding hydrogens is 268 g/mol. The molecule has 2 aromatic rings. The van der Waals surface area contributed by atoms with Gasteiger partial charge < -0.3 is 14.5 Å². The Kier molecular flexibility index (Phi) is 5.51. The third-order valence-corrected chi connectivity index (χ3v) is 3.30. The van der Waals surface area contributed by atoms with Gasteiger partial charge in [0.05, 0.1) is 6.42 Å². The maximum absolute atomic E-state index is 10.5. The Morgan fingerprint density at radius 2 is 2.05 bits per heavy atom. The fraction of sp³-hybridized carbons (Fsp3) is 0.375. The van der Waals surface area contributed by atoms with Crippen LogP contribution in [0.15, 0.2) is 40.9 Å². The lowest BCUT2D eigenvalue weighted by atomic mass is 10.1. The SMILES string of the molecule is CN(CCCc1cc(-c2ccccc2)no1)CCC(=O)O. The maximum Gasteiger partial charge on any atom is 0.304 e. The van der Waals surface area contributed by atoms with Gasteiger partial charge in [0, 0.05) is 24.6 Å². The molecule has 5 nitrogen and oxygen atoms in total. The highest BCUT2D eigenvalue weighted by Gasteiger charge is 2.07. The van der Waals surface area contributed by atoms with Crippen molar-refractivity contribution in [2.24, 2.45) is 0 Å². The van der Waals surface area contributed by atoms with Crippen LogP contribution in [0.25, 0.3) is 11.3 Å². The zero-order valence-corrected chi connectivity index (χ0v) is 12.2. The molecule has 0 aliphatic rings. The van der Waals surface area contributed by atoms with Crippen molar-refractivity contribution in [2.75, 3.05) is 20.1 Å². The van der Waals surface area contributed by atoms with Gasteiger partial charge in [0.2, 0.25) is 0 Å². The van der Waals surface area contributed by atoms with E-state index >= 15 is 0 Å². The Hall–Kier alpha value is -2.14. The molecule has 5 heteroatoms. The molecule has 0 amide bonds. The van der Waals surface area contributed by atoms with Gasteiger partial charge in [-0.1, -0.05) is 35.5 Å². The van der Waals surface area contributed by atoms with E-state index in [1.54, 1.807) is 0 Å². The van der Waals surface area contributed by atoms with Crippen LogP contribution in [-0.4, -0.2) is 41.3 Å². The predicted octanol–water partition coefficient (Wildman–Crippen LogP) is 2.68. The number of carboxylic acids is 1. The molecule has 112 valence electrons. The first kappa shape index (κ1) is 15.3. The highest BCUT2D eigenvalue weighted by atomic mass is 16.5. The number of carbonyl (C=O) groups is 1. The van der Waals surface area contributed by atoms with Crippen LogP contribution in [0.5, 0.6) is 0 Å². The summed E-state index contributed by atoms with van der Waals surface area (Å²) in [5, 5.41) is 12.7. The van der Waals surface area contributed by atoms with Crippen LogP contribution in [0.1, 0.15) is 18.6 Å². The fourth-order valence-corrected chi connectivity index (χ4v) is 2.10. The van der Waals surface area contributed by atoms with E-state index in [4.69, 9.17) is 9.63 Å². The minimum Gasteiger partial charge on any atom is -0.481 e. The van der Waals surface area contributed by atoms with E-state index in [0.29, 0.717) is 6.54 Å². The van der Waals surface area contributed by atoms with Gasteiger partial charge in [-0.05, 0) is 20.0 Å². The molecule has 0 fully saturated rings. The molecule has 21 heavy (non-hydrogen) atoms. The third kappa shape index (κ3) is 5.04. The van der Waals surface area contributed by atoms with Gasteiger partial charge in [-0.15, -0.1) is 0 Å². The van der Waals surface area contributed by atoms with Crippen LogP contribution in [0.4, 0.5) is 0 Å². The Labute approximate surface area is 124 Å². The van der Waals surface area contributed by atoms with E-state index in [9.17, 15) is 4.79 Å². The average molecular weight is 288 g/mol. The fourth-order valence-electron chi connectivity index (χ4n) is 2.10. The van der Waals surface area contributed by atoms with Crippen LogP contribution in [0, 0.1) is 0 Å². The largest absolute Gasteiger partial charge is 0.481 e. The van der Waals surface area contributed by atoms with Crippen molar-refractivity contribution >= 4 is 5.97 Å². The van der Waals surface area contributed by atoms with Gasteiger partial charge in [0.25, 0.3) is 0 Å². The van der Waals surface area contributed by atoms with Crippen molar-refractivity contribution < 1.29 is 14.4 Å². The van der Waals surface area contributed by atoms with Crippen molar-refractivity contribution in [3.05, 3.63) is 42.2 Å². The van der Waals surface area contributed by atoms with Gasteiger partial charge in [-0.3, -0.25) is 4.79 Å². The van der Waals surface area contributed by atoms with E-state index in [-0.39, 0.29) is 6.42 Å². The van der Waals surface area contributed by atoms with Crippen molar-refractivity contribution in [3.63, 3.8) is 0 Å². The minimum absolute atomic E-state index is 0.178. The Bertz CT molecular complexity index is 566. The monoisotopic (exact) mass is 288 g/mol. The molecule has 0 unspecified atom stereocenters. The van der Waals surface area contributed by atoms with Crippen molar-refractivity contribution in [3.8, 4) is 11.3 Å². The van der Waals surface area contributed by atoms with Crippen molar-refractivity contribution in [1.29, 1.82) is 0 Å². The zero-order chi connectivity index (χ0) is 15.1.